The third kappa shape index (κ3) is 2.20. The minimum atomic E-state index is 0.207. The summed E-state index contributed by atoms with van der Waals surface area (Å²) in [6.07, 6.45) is 3.35. The van der Waals surface area contributed by atoms with Crippen LogP contribution in [-0.2, 0) is 0 Å². The molecule has 0 aromatic rings. The Morgan fingerprint density at radius 2 is 2.42 bits per heavy atom. The maximum absolute atomic E-state index is 8.80. The van der Waals surface area contributed by atoms with Crippen LogP contribution in [0.5, 0.6) is 0 Å². The van der Waals surface area contributed by atoms with E-state index in [0.29, 0.717) is 18.6 Å². The van der Waals surface area contributed by atoms with E-state index in [-0.39, 0.29) is 5.92 Å². The molecule has 3 atom stereocenters. The van der Waals surface area contributed by atoms with Gasteiger partial charge in [-0.2, -0.15) is 5.26 Å². The van der Waals surface area contributed by atoms with Crippen LogP contribution in [0.2, 0.25) is 0 Å². The number of nitriles is 1. The molecule has 1 aliphatic carbocycles. The van der Waals surface area contributed by atoms with Crippen molar-refractivity contribution in [3.8, 4) is 6.07 Å². The molecule has 0 heterocycles. The van der Waals surface area contributed by atoms with E-state index in [1.54, 1.807) is 0 Å². The number of rotatable bonds is 3. The van der Waals surface area contributed by atoms with Gasteiger partial charge >= 0.3 is 0 Å². The summed E-state index contributed by atoms with van der Waals surface area (Å²) in [5, 5.41) is 12.2. The van der Waals surface area contributed by atoms with Crippen molar-refractivity contribution in [2.75, 3.05) is 6.54 Å². The highest BCUT2D eigenvalue weighted by Crippen LogP contribution is 2.24. The highest BCUT2D eigenvalue weighted by atomic mass is 15.0. The van der Waals surface area contributed by atoms with Crippen molar-refractivity contribution >= 4 is 0 Å². The monoisotopic (exact) mass is 167 g/mol. The number of hydrogen-bond acceptors (Lipinski definition) is 3. The second-order valence-corrected chi connectivity index (χ2v) is 3.58. The summed E-state index contributed by atoms with van der Waals surface area (Å²) in [5.74, 6) is 0.207. The maximum Gasteiger partial charge on any atom is 0.0672 e. The first-order valence-electron chi connectivity index (χ1n) is 4.63. The number of hydrogen-bond donors (Lipinski definition) is 2. The Morgan fingerprint density at radius 3 is 3.00 bits per heavy atom. The van der Waals surface area contributed by atoms with Gasteiger partial charge in [0.25, 0.3) is 0 Å². The van der Waals surface area contributed by atoms with E-state index in [1.807, 2.05) is 0 Å². The first-order chi connectivity index (χ1) is 5.77. The summed E-state index contributed by atoms with van der Waals surface area (Å²) in [7, 11) is 0. The lowest BCUT2D eigenvalue weighted by atomic mass is 10.1. The standard InChI is InChI=1S/C9H17N3/c1-7(5-10)12-9-4-2-3-8(9)6-11/h7-9,12H,2-5,10H2,1H3. The van der Waals surface area contributed by atoms with Gasteiger partial charge in [0.05, 0.1) is 12.0 Å². The smallest absolute Gasteiger partial charge is 0.0672 e. The Bertz CT molecular complexity index is 173. The fraction of sp³-hybridized carbons (Fsp3) is 0.889. The fourth-order valence-electron chi connectivity index (χ4n) is 1.75. The molecule has 3 heteroatoms. The van der Waals surface area contributed by atoms with E-state index in [2.05, 4.69) is 18.3 Å². The molecular formula is C9H17N3. The van der Waals surface area contributed by atoms with Crippen LogP contribution >= 0.6 is 0 Å². The van der Waals surface area contributed by atoms with Crippen molar-refractivity contribution in [1.82, 2.24) is 5.32 Å². The molecule has 1 aliphatic rings. The largest absolute Gasteiger partial charge is 0.329 e. The van der Waals surface area contributed by atoms with E-state index >= 15 is 0 Å². The third-order valence-electron chi connectivity index (χ3n) is 2.53. The van der Waals surface area contributed by atoms with Crippen LogP contribution in [0.25, 0.3) is 0 Å². The number of nitrogens with two attached hydrogens (primary N) is 1. The van der Waals surface area contributed by atoms with Gasteiger partial charge in [-0.15, -0.1) is 0 Å². The number of nitrogens with one attached hydrogen (secondary N) is 1. The Hall–Kier alpha value is -0.590. The van der Waals surface area contributed by atoms with Gasteiger partial charge in [-0.1, -0.05) is 6.42 Å². The molecule has 68 valence electrons. The van der Waals surface area contributed by atoms with E-state index < -0.39 is 0 Å². The van der Waals surface area contributed by atoms with Gasteiger partial charge in [0.1, 0.15) is 0 Å². The van der Waals surface area contributed by atoms with Crippen LogP contribution in [-0.4, -0.2) is 18.6 Å². The summed E-state index contributed by atoms with van der Waals surface area (Å²) in [5.41, 5.74) is 5.49. The van der Waals surface area contributed by atoms with Gasteiger partial charge in [-0.05, 0) is 19.8 Å². The van der Waals surface area contributed by atoms with Crippen molar-refractivity contribution < 1.29 is 0 Å². The molecule has 3 N–H and O–H groups in total. The van der Waals surface area contributed by atoms with Crippen molar-refractivity contribution in [3.05, 3.63) is 0 Å². The average molecular weight is 167 g/mol. The van der Waals surface area contributed by atoms with Crippen LogP contribution in [0.1, 0.15) is 26.2 Å². The van der Waals surface area contributed by atoms with E-state index in [9.17, 15) is 0 Å². The van der Waals surface area contributed by atoms with Gasteiger partial charge in [0.2, 0.25) is 0 Å². The second-order valence-electron chi connectivity index (χ2n) is 3.58. The zero-order valence-corrected chi connectivity index (χ0v) is 7.59. The predicted octanol–water partition coefficient (Wildman–Crippen LogP) is 0.615. The molecule has 0 bridgehead atoms. The topological polar surface area (TPSA) is 61.8 Å². The van der Waals surface area contributed by atoms with Crippen LogP contribution in [0, 0.1) is 17.2 Å². The molecule has 0 aromatic carbocycles. The van der Waals surface area contributed by atoms with Gasteiger partial charge in [0, 0.05) is 18.6 Å². The van der Waals surface area contributed by atoms with Crippen molar-refractivity contribution in [2.45, 2.75) is 38.3 Å². The summed E-state index contributed by atoms with van der Waals surface area (Å²) < 4.78 is 0. The van der Waals surface area contributed by atoms with Crippen LogP contribution in [0.15, 0.2) is 0 Å². The SMILES string of the molecule is CC(CN)NC1CCCC1C#N. The van der Waals surface area contributed by atoms with Crippen molar-refractivity contribution in [3.63, 3.8) is 0 Å². The molecule has 0 amide bonds. The lowest BCUT2D eigenvalue weighted by molar-refractivity contribution is 0.414. The normalized spacial score (nSPS) is 31.4. The summed E-state index contributed by atoms with van der Waals surface area (Å²) in [4.78, 5) is 0. The van der Waals surface area contributed by atoms with E-state index in [0.717, 1.165) is 12.8 Å². The van der Waals surface area contributed by atoms with Crippen molar-refractivity contribution in [2.24, 2.45) is 11.7 Å². The molecule has 0 aromatic heterocycles. The molecule has 0 spiro atoms. The predicted molar refractivity (Wildman–Crippen MR) is 48.4 cm³/mol. The highest BCUT2D eigenvalue weighted by Gasteiger charge is 2.27. The van der Waals surface area contributed by atoms with Gasteiger partial charge < -0.3 is 11.1 Å². The molecule has 0 aliphatic heterocycles. The number of nitrogens with zero attached hydrogens (tertiary/aromatic N) is 1. The Kier molecular flexibility index (Phi) is 3.51. The van der Waals surface area contributed by atoms with Crippen LogP contribution in [0.3, 0.4) is 0 Å². The Labute approximate surface area is 73.9 Å². The lowest BCUT2D eigenvalue weighted by Gasteiger charge is -2.19. The van der Waals surface area contributed by atoms with E-state index in [4.69, 9.17) is 11.0 Å². The molecule has 0 radical (unpaired) electrons. The molecule has 0 saturated heterocycles. The first-order valence-corrected chi connectivity index (χ1v) is 4.63. The molecule has 1 saturated carbocycles. The zero-order chi connectivity index (χ0) is 8.97. The van der Waals surface area contributed by atoms with Gasteiger partial charge in [0.15, 0.2) is 0 Å². The van der Waals surface area contributed by atoms with Gasteiger partial charge in [-0.3, -0.25) is 0 Å². The minimum Gasteiger partial charge on any atom is -0.329 e. The Morgan fingerprint density at radius 1 is 1.67 bits per heavy atom. The molecule has 1 rings (SSSR count). The van der Waals surface area contributed by atoms with Crippen LogP contribution in [0.4, 0.5) is 0 Å². The lowest BCUT2D eigenvalue weighted by Crippen LogP contribution is -2.42. The highest BCUT2D eigenvalue weighted by molar-refractivity contribution is 4.97. The fourth-order valence-corrected chi connectivity index (χ4v) is 1.75. The average Bonchev–Trinajstić information content (AvgIpc) is 2.51. The molecular weight excluding hydrogens is 150 g/mol. The van der Waals surface area contributed by atoms with Crippen LogP contribution < -0.4 is 11.1 Å². The Balaban J connectivity index is 2.36. The quantitative estimate of drug-likeness (QED) is 0.647. The summed E-state index contributed by atoms with van der Waals surface area (Å²) in [6, 6.07) is 3.06. The third-order valence-corrected chi connectivity index (χ3v) is 2.53. The first kappa shape index (κ1) is 9.50. The molecule has 3 nitrogen and oxygen atoms in total. The summed E-state index contributed by atoms with van der Waals surface area (Å²) >= 11 is 0. The molecule has 12 heavy (non-hydrogen) atoms. The van der Waals surface area contributed by atoms with E-state index in [1.165, 1.54) is 6.42 Å². The molecule has 1 fully saturated rings. The minimum absolute atomic E-state index is 0.207. The molecule has 3 unspecified atom stereocenters. The summed E-state index contributed by atoms with van der Waals surface area (Å²) in [6.45, 7) is 2.71. The zero-order valence-electron chi connectivity index (χ0n) is 7.59. The second kappa shape index (κ2) is 4.44. The van der Waals surface area contributed by atoms with Crippen molar-refractivity contribution in [1.29, 1.82) is 5.26 Å². The maximum atomic E-state index is 8.80. The van der Waals surface area contributed by atoms with Gasteiger partial charge in [-0.25, -0.2) is 0 Å².